The van der Waals surface area contributed by atoms with Gasteiger partial charge >= 0.3 is 0 Å². The van der Waals surface area contributed by atoms with Crippen LogP contribution in [0.2, 0.25) is 0 Å². The fourth-order valence-corrected chi connectivity index (χ4v) is 4.38. The van der Waals surface area contributed by atoms with Crippen LogP contribution in [-0.2, 0) is 17.8 Å². The van der Waals surface area contributed by atoms with Gasteiger partial charge in [0.05, 0.1) is 0 Å². The zero-order chi connectivity index (χ0) is 27.0. The van der Waals surface area contributed by atoms with Gasteiger partial charge in [0.25, 0.3) is 5.91 Å². The largest absolute Gasteiger partial charge is 0.489 e. The number of nitrogens with one attached hydrogen (secondary N) is 1. The maximum atomic E-state index is 14.4. The highest BCUT2D eigenvalue weighted by Gasteiger charge is 2.14. The zero-order valence-electron chi connectivity index (χ0n) is 21.1. The molecule has 0 spiro atoms. The second-order valence-electron chi connectivity index (χ2n) is 9.05. The smallest absolute Gasteiger partial charge is 0.266 e. The lowest BCUT2D eigenvalue weighted by Crippen LogP contribution is -2.13. The molecule has 5 rings (SSSR count). The van der Waals surface area contributed by atoms with Gasteiger partial charge in [-0.15, -0.1) is 0 Å². The van der Waals surface area contributed by atoms with Crippen LogP contribution in [0.3, 0.4) is 0 Å². The van der Waals surface area contributed by atoms with Crippen molar-refractivity contribution in [3.8, 4) is 11.8 Å². The number of carbonyl (C=O) groups excluding carboxylic acids is 1. The zero-order valence-corrected chi connectivity index (χ0v) is 21.1. The van der Waals surface area contributed by atoms with Crippen molar-refractivity contribution in [2.45, 2.75) is 13.0 Å². The van der Waals surface area contributed by atoms with Crippen LogP contribution in [0.4, 0.5) is 10.1 Å². The average molecular weight is 513 g/mol. The SMILES string of the molecule is N#C/C(=C\c1c(Cc2ccccc2F)ccc2ccccc12)C(=O)Nc1ccc(OCc2ccccc2)cc1. The van der Waals surface area contributed by atoms with Gasteiger partial charge in [-0.3, -0.25) is 4.79 Å². The number of fused-ring (bicyclic) bond motifs is 1. The third-order valence-electron chi connectivity index (χ3n) is 6.41. The number of nitrogens with zero attached hydrogens (tertiary/aromatic N) is 1. The van der Waals surface area contributed by atoms with Crippen LogP contribution in [0.5, 0.6) is 5.75 Å². The first kappa shape index (κ1) is 25.4. The summed E-state index contributed by atoms with van der Waals surface area (Å²) in [6.07, 6.45) is 1.92. The Labute approximate surface area is 226 Å². The van der Waals surface area contributed by atoms with Crippen LogP contribution in [0, 0.1) is 17.1 Å². The molecule has 0 fully saturated rings. The Hall–Kier alpha value is -5.21. The first-order valence-electron chi connectivity index (χ1n) is 12.5. The summed E-state index contributed by atoms with van der Waals surface area (Å²) in [6, 6.07) is 37.1. The molecule has 0 saturated heterocycles. The minimum absolute atomic E-state index is 0.0504. The van der Waals surface area contributed by atoms with E-state index in [-0.39, 0.29) is 11.4 Å². The van der Waals surface area contributed by atoms with Gasteiger partial charge in [-0.05, 0) is 69.4 Å². The molecule has 0 aliphatic heterocycles. The van der Waals surface area contributed by atoms with E-state index in [1.54, 1.807) is 48.5 Å². The number of hydrogen-bond donors (Lipinski definition) is 1. The van der Waals surface area contributed by atoms with E-state index in [2.05, 4.69) is 5.32 Å². The van der Waals surface area contributed by atoms with Gasteiger partial charge in [-0.1, -0.05) is 84.9 Å². The summed E-state index contributed by atoms with van der Waals surface area (Å²) in [6.45, 7) is 0.439. The molecule has 39 heavy (non-hydrogen) atoms. The molecule has 1 amide bonds. The minimum Gasteiger partial charge on any atom is -0.489 e. The first-order chi connectivity index (χ1) is 19.1. The van der Waals surface area contributed by atoms with Crippen molar-refractivity contribution >= 4 is 28.4 Å². The van der Waals surface area contributed by atoms with Crippen LogP contribution >= 0.6 is 0 Å². The number of hydrogen-bond acceptors (Lipinski definition) is 3. The lowest BCUT2D eigenvalue weighted by Gasteiger charge is -2.12. The third kappa shape index (κ3) is 6.20. The van der Waals surface area contributed by atoms with Crippen LogP contribution in [-0.4, -0.2) is 5.91 Å². The lowest BCUT2D eigenvalue weighted by atomic mass is 9.93. The molecule has 0 bridgehead atoms. The van der Waals surface area contributed by atoms with E-state index >= 15 is 0 Å². The average Bonchev–Trinajstić information content (AvgIpc) is 2.98. The molecule has 190 valence electrons. The van der Waals surface area contributed by atoms with Crippen LogP contribution in [0.25, 0.3) is 16.8 Å². The minimum atomic E-state index is -0.528. The highest BCUT2D eigenvalue weighted by Crippen LogP contribution is 2.28. The molecule has 5 aromatic rings. The topological polar surface area (TPSA) is 62.1 Å². The summed E-state index contributed by atoms with van der Waals surface area (Å²) in [5.41, 5.74) is 3.62. The maximum Gasteiger partial charge on any atom is 0.266 e. The molecule has 0 heterocycles. The van der Waals surface area contributed by atoms with Crippen molar-refractivity contribution in [3.05, 3.63) is 149 Å². The Balaban J connectivity index is 1.38. The van der Waals surface area contributed by atoms with E-state index in [9.17, 15) is 14.4 Å². The van der Waals surface area contributed by atoms with Gasteiger partial charge < -0.3 is 10.1 Å². The van der Waals surface area contributed by atoms with Gasteiger partial charge in [-0.25, -0.2) is 4.39 Å². The molecular weight excluding hydrogens is 487 g/mol. The van der Waals surface area contributed by atoms with Gasteiger partial charge in [0.2, 0.25) is 0 Å². The number of halogens is 1. The number of anilines is 1. The summed E-state index contributed by atoms with van der Waals surface area (Å²) in [4.78, 5) is 13.1. The summed E-state index contributed by atoms with van der Waals surface area (Å²) in [7, 11) is 0. The van der Waals surface area contributed by atoms with E-state index in [1.165, 1.54) is 6.07 Å². The molecule has 0 unspecified atom stereocenters. The number of carbonyl (C=O) groups is 1. The number of ether oxygens (including phenoxy) is 1. The van der Waals surface area contributed by atoms with E-state index in [1.807, 2.05) is 72.8 Å². The second-order valence-corrected chi connectivity index (χ2v) is 9.05. The van der Waals surface area contributed by atoms with E-state index in [4.69, 9.17) is 4.74 Å². The van der Waals surface area contributed by atoms with E-state index < -0.39 is 5.91 Å². The molecular formula is C34H25FN2O2. The lowest BCUT2D eigenvalue weighted by molar-refractivity contribution is -0.112. The molecule has 1 N–H and O–H groups in total. The number of amides is 1. The quantitative estimate of drug-likeness (QED) is 0.171. The molecule has 0 atom stereocenters. The molecule has 5 heteroatoms. The Morgan fingerprint density at radius 3 is 2.31 bits per heavy atom. The Kier molecular flexibility index (Phi) is 7.76. The van der Waals surface area contributed by atoms with Gasteiger partial charge in [0.1, 0.15) is 29.8 Å². The van der Waals surface area contributed by atoms with Crippen LogP contribution in [0.15, 0.2) is 121 Å². The van der Waals surface area contributed by atoms with Crippen molar-refractivity contribution < 1.29 is 13.9 Å². The molecule has 0 aromatic heterocycles. The third-order valence-corrected chi connectivity index (χ3v) is 6.41. The van der Waals surface area contributed by atoms with Crippen molar-refractivity contribution in [1.82, 2.24) is 0 Å². The summed E-state index contributed by atoms with van der Waals surface area (Å²) in [5.74, 6) is -0.156. The van der Waals surface area contributed by atoms with Crippen molar-refractivity contribution in [3.63, 3.8) is 0 Å². The molecule has 5 aromatic carbocycles. The van der Waals surface area contributed by atoms with Crippen molar-refractivity contribution in [2.24, 2.45) is 0 Å². The van der Waals surface area contributed by atoms with E-state index in [0.29, 0.717) is 35.6 Å². The van der Waals surface area contributed by atoms with Gasteiger partial charge in [0, 0.05) is 12.1 Å². The van der Waals surface area contributed by atoms with Crippen molar-refractivity contribution in [2.75, 3.05) is 5.32 Å². The highest BCUT2D eigenvalue weighted by atomic mass is 19.1. The summed E-state index contributed by atoms with van der Waals surface area (Å²) in [5, 5.41) is 14.5. The summed E-state index contributed by atoms with van der Waals surface area (Å²) < 4.78 is 20.3. The molecule has 0 aliphatic carbocycles. The number of benzene rings is 5. The van der Waals surface area contributed by atoms with Crippen LogP contribution in [0.1, 0.15) is 22.3 Å². The highest BCUT2D eigenvalue weighted by molar-refractivity contribution is 6.11. The second kappa shape index (κ2) is 11.9. The normalized spacial score (nSPS) is 11.1. The fourth-order valence-electron chi connectivity index (χ4n) is 4.38. The predicted octanol–water partition coefficient (Wildman–Crippen LogP) is 7.69. The summed E-state index contributed by atoms with van der Waals surface area (Å²) >= 11 is 0. The molecule has 0 radical (unpaired) electrons. The number of rotatable bonds is 8. The number of nitriles is 1. The Morgan fingerprint density at radius 2 is 1.54 bits per heavy atom. The molecule has 4 nitrogen and oxygen atoms in total. The molecule has 0 aliphatic rings. The van der Waals surface area contributed by atoms with Gasteiger partial charge in [-0.2, -0.15) is 5.26 Å². The standard InChI is InChI=1S/C34H25FN2O2/c35-33-13-7-5-11-27(33)20-26-15-14-25-10-4-6-12-31(25)32(26)21-28(22-36)34(38)37-29-16-18-30(19-17-29)39-23-24-8-2-1-3-9-24/h1-19,21H,20,23H2,(H,37,38)/b28-21+. The predicted molar refractivity (Wildman–Crippen MR) is 153 cm³/mol. The fraction of sp³-hybridized carbons (Fsp3) is 0.0588. The van der Waals surface area contributed by atoms with Crippen LogP contribution < -0.4 is 10.1 Å². The molecule has 0 saturated carbocycles. The monoisotopic (exact) mass is 512 g/mol. The first-order valence-corrected chi connectivity index (χ1v) is 12.5. The Bertz CT molecular complexity index is 1690. The van der Waals surface area contributed by atoms with Crippen molar-refractivity contribution in [1.29, 1.82) is 5.26 Å². The van der Waals surface area contributed by atoms with E-state index in [0.717, 1.165) is 21.9 Å². The van der Waals surface area contributed by atoms with Gasteiger partial charge in [0.15, 0.2) is 0 Å². The maximum absolute atomic E-state index is 14.4. The Morgan fingerprint density at radius 1 is 0.821 bits per heavy atom.